The van der Waals surface area contributed by atoms with Gasteiger partial charge in [0.15, 0.2) is 0 Å². The van der Waals surface area contributed by atoms with Gasteiger partial charge in [-0.25, -0.2) is 32.2 Å². The molecule has 1 aliphatic heterocycles. The minimum Gasteiger partial charge on any atom is -0.354 e. The summed E-state index contributed by atoms with van der Waals surface area (Å²) in [6, 6.07) is 4.88. The van der Waals surface area contributed by atoms with Crippen LogP contribution in [0.2, 0.25) is 0 Å². The molecule has 4 rings (SSSR count). The highest BCUT2D eigenvalue weighted by molar-refractivity contribution is 7.92. The zero-order valence-electron chi connectivity index (χ0n) is 20.7. The molecular formula is C24H22F5N7O2S. The molecule has 0 spiro atoms. The highest BCUT2D eigenvalue weighted by atomic mass is 32.2. The molecule has 1 aliphatic rings. The van der Waals surface area contributed by atoms with E-state index in [0.29, 0.717) is 25.6 Å². The fourth-order valence-corrected chi connectivity index (χ4v) is 5.46. The van der Waals surface area contributed by atoms with Gasteiger partial charge in [-0.2, -0.15) is 18.4 Å². The zero-order valence-corrected chi connectivity index (χ0v) is 21.5. The van der Waals surface area contributed by atoms with E-state index in [1.54, 1.807) is 9.80 Å². The Morgan fingerprint density at radius 1 is 1.03 bits per heavy atom. The van der Waals surface area contributed by atoms with Crippen LogP contribution in [-0.4, -0.2) is 49.5 Å². The van der Waals surface area contributed by atoms with Crippen LogP contribution in [0.25, 0.3) is 0 Å². The Kier molecular flexibility index (Phi) is 7.60. The van der Waals surface area contributed by atoms with E-state index >= 15 is 0 Å². The van der Waals surface area contributed by atoms with Gasteiger partial charge in [0.25, 0.3) is 10.0 Å². The van der Waals surface area contributed by atoms with Gasteiger partial charge in [-0.15, -0.1) is 0 Å². The van der Waals surface area contributed by atoms with Crippen LogP contribution >= 0.6 is 0 Å². The summed E-state index contributed by atoms with van der Waals surface area (Å²) < 4.78 is 94.7. The molecule has 9 nitrogen and oxygen atoms in total. The summed E-state index contributed by atoms with van der Waals surface area (Å²) in [5, 5.41) is 9.91. The van der Waals surface area contributed by atoms with Gasteiger partial charge in [0.2, 0.25) is 5.95 Å². The van der Waals surface area contributed by atoms with Crippen LogP contribution in [0.1, 0.15) is 28.9 Å². The molecule has 1 saturated heterocycles. The lowest BCUT2D eigenvalue weighted by atomic mass is 10.1. The number of nitriles is 1. The lowest BCUT2D eigenvalue weighted by Crippen LogP contribution is -2.33. The fraction of sp³-hybridized carbons (Fsp3) is 0.333. The molecule has 0 amide bonds. The maximum atomic E-state index is 14.2. The van der Waals surface area contributed by atoms with E-state index in [0.717, 1.165) is 24.4 Å². The lowest BCUT2D eigenvalue weighted by molar-refractivity contribution is -0.141. The van der Waals surface area contributed by atoms with Crippen LogP contribution in [0.5, 0.6) is 0 Å². The number of aryl methyl sites for hydroxylation is 1. The van der Waals surface area contributed by atoms with E-state index in [1.165, 1.54) is 13.8 Å². The summed E-state index contributed by atoms with van der Waals surface area (Å²) >= 11 is 0. The molecule has 206 valence electrons. The number of halogens is 5. The third kappa shape index (κ3) is 5.85. The normalized spacial score (nSPS) is 14.6. The second-order valence-electron chi connectivity index (χ2n) is 8.76. The number of alkyl halides is 3. The average Bonchev–Trinajstić information content (AvgIpc) is 3.12. The molecule has 0 aliphatic carbocycles. The van der Waals surface area contributed by atoms with Crippen LogP contribution < -0.4 is 14.5 Å². The molecule has 1 N–H and O–H groups in total. The maximum Gasteiger partial charge on any atom is 0.433 e. The molecule has 0 radical (unpaired) electrons. The van der Waals surface area contributed by atoms with Crippen molar-refractivity contribution >= 4 is 27.5 Å². The number of hydrogen-bond acceptors (Lipinski definition) is 8. The Labute approximate surface area is 221 Å². The van der Waals surface area contributed by atoms with Crippen molar-refractivity contribution in [3.05, 3.63) is 64.6 Å². The van der Waals surface area contributed by atoms with Crippen molar-refractivity contribution < 1.29 is 30.4 Å². The number of anilines is 3. The van der Waals surface area contributed by atoms with Crippen LogP contribution in [0.15, 0.2) is 35.4 Å². The van der Waals surface area contributed by atoms with Crippen molar-refractivity contribution in [2.75, 3.05) is 40.7 Å². The van der Waals surface area contributed by atoms with E-state index in [-0.39, 0.29) is 47.4 Å². The molecule has 3 aromatic rings. The summed E-state index contributed by atoms with van der Waals surface area (Å²) in [6.45, 7) is 4.30. The summed E-state index contributed by atoms with van der Waals surface area (Å²) in [5.41, 5.74) is -0.551. The number of hydrogen-bond donors (Lipinski definition) is 1. The zero-order chi connectivity index (χ0) is 28.5. The molecule has 3 heterocycles. The highest BCUT2D eigenvalue weighted by Crippen LogP contribution is 2.32. The van der Waals surface area contributed by atoms with E-state index in [4.69, 9.17) is 0 Å². The number of benzene rings is 1. The van der Waals surface area contributed by atoms with Crippen LogP contribution in [-0.2, 0) is 16.2 Å². The summed E-state index contributed by atoms with van der Waals surface area (Å²) in [6.07, 6.45) is -3.07. The third-order valence-corrected chi connectivity index (χ3v) is 7.54. The first-order valence-electron chi connectivity index (χ1n) is 11.6. The van der Waals surface area contributed by atoms with Crippen LogP contribution in [0.4, 0.5) is 39.4 Å². The lowest BCUT2D eigenvalue weighted by Gasteiger charge is -2.26. The van der Waals surface area contributed by atoms with Crippen LogP contribution in [0.3, 0.4) is 0 Å². The molecule has 39 heavy (non-hydrogen) atoms. The second-order valence-corrected chi connectivity index (χ2v) is 10.4. The molecule has 0 bridgehead atoms. The van der Waals surface area contributed by atoms with Gasteiger partial charge in [0, 0.05) is 38.4 Å². The number of sulfonamides is 1. The first kappa shape index (κ1) is 28.0. The molecule has 1 fully saturated rings. The number of rotatable bonds is 5. The van der Waals surface area contributed by atoms with Gasteiger partial charge in [0.05, 0.1) is 16.9 Å². The minimum absolute atomic E-state index is 0.0205. The number of nitrogens with zero attached hydrogens (tertiary/aromatic N) is 6. The highest BCUT2D eigenvalue weighted by Gasteiger charge is 2.33. The topological polar surface area (TPSA) is 115 Å². The minimum atomic E-state index is -4.61. The van der Waals surface area contributed by atoms with E-state index in [2.05, 4.69) is 19.7 Å². The summed E-state index contributed by atoms with van der Waals surface area (Å²) in [4.78, 5) is 14.7. The second kappa shape index (κ2) is 10.6. The third-order valence-electron chi connectivity index (χ3n) is 6.15. The Hall–Kier alpha value is -4.06. The first-order chi connectivity index (χ1) is 18.3. The van der Waals surface area contributed by atoms with Gasteiger partial charge in [-0.3, -0.25) is 4.72 Å². The molecule has 15 heteroatoms. The van der Waals surface area contributed by atoms with Crippen LogP contribution in [0, 0.1) is 36.8 Å². The Bertz CT molecular complexity index is 1560. The van der Waals surface area contributed by atoms with Crippen molar-refractivity contribution in [1.82, 2.24) is 15.0 Å². The number of aromatic nitrogens is 3. The van der Waals surface area contributed by atoms with Crippen molar-refractivity contribution in [3.63, 3.8) is 0 Å². The maximum absolute atomic E-state index is 14.2. The smallest absolute Gasteiger partial charge is 0.354 e. The van der Waals surface area contributed by atoms with E-state index in [9.17, 15) is 35.6 Å². The molecule has 2 aromatic heterocycles. The largest absolute Gasteiger partial charge is 0.433 e. The number of pyridine rings is 1. The van der Waals surface area contributed by atoms with Gasteiger partial charge in [0.1, 0.15) is 34.1 Å². The monoisotopic (exact) mass is 567 g/mol. The van der Waals surface area contributed by atoms with Gasteiger partial charge in [-0.1, -0.05) is 0 Å². The van der Waals surface area contributed by atoms with Crippen molar-refractivity contribution in [2.45, 2.75) is 31.3 Å². The first-order valence-corrected chi connectivity index (χ1v) is 13.1. The molecule has 1 aromatic carbocycles. The Morgan fingerprint density at radius 2 is 1.72 bits per heavy atom. The SMILES string of the molecule is Cc1nc(N2CCCN(c3nccc(C(F)(F)F)n3)CC2)c(C#N)c(C)c1NS(=O)(=O)c1ccc(F)cc1F. The van der Waals surface area contributed by atoms with Crippen molar-refractivity contribution in [3.8, 4) is 6.07 Å². The van der Waals surface area contributed by atoms with Gasteiger partial charge < -0.3 is 9.80 Å². The Morgan fingerprint density at radius 3 is 2.38 bits per heavy atom. The predicted octanol–water partition coefficient (Wildman–Crippen LogP) is 4.17. The summed E-state index contributed by atoms with van der Waals surface area (Å²) in [5.74, 6) is -2.01. The van der Waals surface area contributed by atoms with Crippen molar-refractivity contribution in [1.29, 1.82) is 5.26 Å². The number of nitrogens with one attached hydrogen (secondary N) is 1. The standard InChI is InChI=1S/C24H22F5N7O2S/c1-14-17(13-30)22(32-15(2)21(14)34-39(37,38)19-5-4-16(25)12-18(19)26)35-8-3-9-36(11-10-35)23-31-7-6-20(33-23)24(27,28)29/h4-7,12,34H,3,8-11H2,1-2H3. The van der Waals surface area contributed by atoms with E-state index in [1.807, 2.05) is 6.07 Å². The molecule has 0 atom stereocenters. The van der Waals surface area contributed by atoms with Gasteiger partial charge in [-0.05, 0) is 44.0 Å². The molecule has 0 unspecified atom stereocenters. The van der Waals surface area contributed by atoms with Gasteiger partial charge >= 0.3 is 6.18 Å². The molecule has 0 saturated carbocycles. The quantitative estimate of drug-likeness (QED) is 0.457. The fourth-order valence-electron chi connectivity index (χ4n) is 4.22. The van der Waals surface area contributed by atoms with E-state index < -0.39 is 38.4 Å². The summed E-state index contributed by atoms with van der Waals surface area (Å²) in [7, 11) is -4.48. The van der Waals surface area contributed by atoms with Crippen molar-refractivity contribution in [2.24, 2.45) is 0 Å². The average molecular weight is 568 g/mol. The predicted molar refractivity (Wildman–Crippen MR) is 132 cm³/mol. The molecular weight excluding hydrogens is 545 g/mol. The Balaban J connectivity index is 1.61.